The molecule has 1 heterocycles. The predicted octanol–water partition coefficient (Wildman–Crippen LogP) is 3.17. The Morgan fingerprint density at radius 1 is 1.17 bits per heavy atom. The molecule has 2 aromatic carbocycles. The van der Waals surface area contributed by atoms with Crippen molar-refractivity contribution >= 4 is 28.9 Å². The van der Waals surface area contributed by atoms with Crippen LogP contribution in [0.1, 0.15) is 0 Å². The van der Waals surface area contributed by atoms with Gasteiger partial charge in [-0.1, -0.05) is 11.6 Å². The molecule has 6 nitrogen and oxygen atoms in total. The third-order valence-corrected chi connectivity index (χ3v) is 3.76. The van der Waals surface area contributed by atoms with E-state index in [4.69, 9.17) is 25.8 Å². The van der Waals surface area contributed by atoms with Gasteiger partial charge in [-0.2, -0.15) is 0 Å². The second-order valence-corrected chi connectivity index (χ2v) is 5.51. The van der Waals surface area contributed by atoms with E-state index in [0.29, 0.717) is 41.1 Å². The van der Waals surface area contributed by atoms with E-state index in [9.17, 15) is 4.79 Å². The number of methoxy groups -OCH3 is 1. The van der Waals surface area contributed by atoms with Gasteiger partial charge in [0.1, 0.15) is 19.0 Å². The minimum Gasteiger partial charge on any atom is -0.497 e. The van der Waals surface area contributed by atoms with Crippen LogP contribution in [0, 0.1) is 0 Å². The average molecular weight is 349 g/mol. The van der Waals surface area contributed by atoms with E-state index in [1.165, 1.54) is 0 Å². The van der Waals surface area contributed by atoms with Crippen LogP contribution in [0.15, 0.2) is 36.4 Å². The van der Waals surface area contributed by atoms with Crippen LogP contribution in [0.3, 0.4) is 0 Å². The van der Waals surface area contributed by atoms with Crippen molar-refractivity contribution in [1.82, 2.24) is 0 Å². The summed E-state index contributed by atoms with van der Waals surface area (Å²) in [6.07, 6.45) is 0. The van der Waals surface area contributed by atoms with Gasteiger partial charge in [0.2, 0.25) is 5.91 Å². The van der Waals surface area contributed by atoms with Gasteiger partial charge in [0.05, 0.1) is 24.4 Å². The number of hydrogen-bond donors (Lipinski definition) is 2. The number of halogens is 1. The van der Waals surface area contributed by atoms with Gasteiger partial charge in [-0.25, -0.2) is 0 Å². The Bertz CT molecular complexity index is 734. The molecule has 0 radical (unpaired) electrons. The van der Waals surface area contributed by atoms with Gasteiger partial charge in [0, 0.05) is 17.8 Å². The molecule has 0 aliphatic carbocycles. The summed E-state index contributed by atoms with van der Waals surface area (Å²) in [6, 6.07) is 10.5. The third-order valence-electron chi connectivity index (χ3n) is 3.45. The number of ether oxygens (including phenoxy) is 3. The molecule has 3 rings (SSSR count). The summed E-state index contributed by atoms with van der Waals surface area (Å²) in [5.74, 6) is 1.77. The molecule has 2 aromatic rings. The van der Waals surface area contributed by atoms with Gasteiger partial charge in [0.25, 0.3) is 0 Å². The lowest BCUT2D eigenvalue weighted by Gasteiger charge is -2.20. The van der Waals surface area contributed by atoms with E-state index in [2.05, 4.69) is 10.6 Å². The number of nitrogens with one attached hydrogen (secondary N) is 2. The van der Waals surface area contributed by atoms with Crippen molar-refractivity contribution in [1.29, 1.82) is 0 Å². The molecule has 1 amide bonds. The fraction of sp³-hybridized carbons (Fsp3) is 0.235. The SMILES string of the molecule is COc1ccc(NC(=O)CNc2cc3c(cc2Cl)OCCO3)cc1. The van der Waals surface area contributed by atoms with Crippen LogP contribution in [0.25, 0.3) is 0 Å². The maximum atomic E-state index is 12.0. The van der Waals surface area contributed by atoms with Crippen molar-refractivity contribution in [2.24, 2.45) is 0 Å². The Balaban J connectivity index is 1.59. The number of benzene rings is 2. The standard InChI is InChI=1S/C17H17ClN2O4/c1-22-12-4-2-11(3-5-12)20-17(21)10-19-14-9-16-15(8-13(14)18)23-6-7-24-16/h2-5,8-9,19H,6-7,10H2,1H3,(H,20,21). The molecular formula is C17H17ClN2O4. The van der Waals surface area contributed by atoms with Crippen LogP contribution in [0.2, 0.25) is 5.02 Å². The first-order valence-corrected chi connectivity index (χ1v) is 7.80. The summed E-state index contributed by atoms with van der Waals surface area (Å²) in [4.78, 5) is 12.0. The molecule has 1 aliphatic heterocycles. The van der Waals surface area contributed by atoms with Crippen molar-refractivity contribution < 1.29 is 19.0 Å². The van der Waals surface area contributed by atoms with Gasteiger partial charge < -0.3 is 24.8 Å². The van der Waals surface area contributed by atoms with Crippen LogP contribution in [-0.2, 0) is 4.79 Å². The number of carbonyl (C=O) groups excluding carboxylic acids is 1. The third kappa shape index (κ3) is 3.83. The monoisotopic (exact) mass is 348 g/mol. The largest absolute Gasteiger partial charge is 0.497 e. The normalized spacial score (nSPS) is 12.4. The fourth-order valence-corrected chi connectivity index (χ4v) is 2.47. The number of anilines is 2. The van der Waals surface area contributed by atoms with Crippen molar-refractivity contribution in [2.75, 3.05) is 37.5 Å². The second kappa shape index (κ2) is 7.31. The lowest BCUT2D eigenvalue weighted by Crippen LogP contribution is -2.22. The molecule has 2 N–H and O–H groups in total. The van der Waals surface area contributed by atoms with E-state index < -0.39 is 0 Å². The Morgan fingerprint density at radius 2 is 1.83 bits per heavy atom. The molecule has 126 valence electrons. The molecule has 0 spiro atoms. The highest BCUT2D eigenvalue weighted by atomic mass is 35.5. The van der Waals surface area contributed by atoms with E-state index in [1.807, 2.05) is 0 Å². The summed E-state index contributed by atoms with van der Waals surface area (Å²) in [6.45, 7) is 1.07. The number of hydrogen-bond acceptors (Lipinski definition) is 5. The lowest BCUT2D eigenvalue weighted by molar-refractivity contribution is -0.114. The Morgan fingerprint density at radius 3 is 2.50 bits per heavy atom. The highest BCUT2D eigenvalue weighted by Crippen LogP contribution is 2.37. The minimum absolute atomic E-state index is 0.0748. The summed E-state index contributed by atoms with van der Waals surface area (Å²) < 4.78 is 16.0. The van der Waals surface area contributed by atoms with Crippen LogP contribution >= 0.6 is 11.6 Å². The smallest absolute Gasteiger partial charge is 0.243 e. The van der Waals surface area contributed by atoms with E-state index >= 15 is 0 Å². The molecule has 0 saturated heterocycles. The molecule has 1 aliphatic rings. The van der Waals surface area contributed by atoms with Crippen LogP contribution in [0.5, 0.6) is 17.2 Å². The van der Waals surface area contributed by atoms with Crippen molar-refractivity contribution in [2.45, 2.75) is 0 Å². The van der Waals surface area contributed by atoms with Gasteiger partial charge in [0.15, 0.2) is 11.5 Å². The van der Waals surface area contributed by atoms with Crippen LogP contribution in [-0.4, -0.2) is 32.8 Å². The van der Waals surface area contributed by atoms with E-state index in [-0.39, 0.29) is 12.5 Å². The van der Waals surface area contributed by atoms with Gasteiger partial charge in [-0.15, -0.1) is 0 Å². The molecule has 0 aromatic heterocycles. The fourth-order valence-electron chi connectivity index (χ4n) is 2.25. The molecule has 0 unspecified atom stereocenters. The van der Waals surface area contributed by atoms with E-state index in [1.54, 1.807) is 43.5 Å². The first kappa shape index (κ1) is 16.3. The first-order valence-electron chi connectivity index (χ1n) is 7.42. The Kier molecular flexibility index (Phi) is 4.96. The van der Waals surface area contributed by atoms with Gasteiger partial charge in [-0.3, -0.25) is 4.79 Å². The van der Waals surface area contributed by atoms with Crippen molar-refractivity contribution in [3.63, 3.8) is 0 Å². The maximum absolute atomic E-state index is 12.0. The Hall–Kier alpha value is -2.60. The van der Waals surface area contributed by atoms with Crippen molar-refractivity contribution in [3.8, 4) is 17.2 Å². The van der Waals surface area contributed by atoms with Crippen LogP contribution < -0.4 is 24.8 Å². The van der Waals surface area contributed by atoms with E-state index in [0.717, 1.165) is 5.75 Å². The average Bonchev–Trinajstić information content (AvgIpc) is 2.60. The zero-order valence-corrected chi connectivity index (χ0v) is 13.9. The predicted molar refractivity (Wildman–Crippen MR) is 92.6 cm³/mol. The molecule has 0 bridgehead atoms. The summed E-state index contributed by atoms with van der Waals surface area (Å²) in [5, 5.41) is 6.26. The molecule has 0 fully saturated rings. The lowest BCUT2D eigenvalue weighted by atomic mass is 10.2. The minimum atomic E-state index is -0.189. The number of rotatable bonds is 5. The quantitative estimate of drug-likeness (QED) is 0.868. The highest BCUT2D eigenvalue weighted by molar-refractivity contribution is 6.33. The topological polar surface area (TPSA) is 68.8 Å². The second-order valence-electron chi connectivity index (χ2n) is 5.11. The highest BCUT2D eigenvalue weighted by Gasteiger charge is 2.15. The number of carbonyl (C=O) groups is 1. The van der Waals surface area contributed by atoms with Crippen molar-refractivity contribution in [3.05, 3.63) is 41.4 Å². The zero-order chi connectivity index (χ0) is 16.9. The molecular weight excluding hydrogens is 332 g/mol. The van der Waals surface area contributed by atoms with Crippen LogP contribution in [0.4, 0.5) is 11.4 Å². The number of fused-ring (bicyclic) bond motifs is 1. The Labute approximate surface area is 144 Å². The summed E-state index contributed by atoms with van der Waals surface area (Å²) in [5.41, 5.74) is 1.31. The molecule has 0 saturated carbocycles. The summed E-state index contributed by atoms with van der Waals surface area (Å²) in [7, 11) is 1.59. The maximum Gasteiger partial charge on any atom is 0.243 e. The van der Waals surface area contributed by atoms with Gasteiger partial charge in [-0.05, 0) is 24.3 Å². The number of amides is 1. The molecule has 7 heteroatoms. The summed E-state index contributed by atoms with van der Waals surface area (Å²) >= 11 is 6.19. The van der Waals surface area contributed by atoms with Gasteiger partial charge >= 0.3 is 0 Å². The first-order chi connectivity index (χ1) is 11.7. The molecule has 0 atom stereocenters. The zero-order valence-electron chi connectivity index (χ0n) is 13.1. The molecule has 24 heavy (non-hydrogen) atoms.